The van der Waals surface area contributed by atoms with E-state index >= 15 is 0 Å². The zero-order chi connectivity index (χ0) is 20.6. The van der Waals surface area contributed by atoms with E-state index in [-0.39, 0.29) is 16.1 Å². The van der Waals surface area contributed by atoms with Gasteiger partial charge in [-0.15, -0.1) is 0 Å². The predicted octanol–water partition coefficient (Wildman–Crippen LogP) is 4.38. The molecule has 0 spiro atoms. The van der Waals surface area contributed by atoms with Crippen LogP contribution in [0.4, 0.5) is 5.69 Å². The van der Waals surface area contributed by atoms with Crippen molar-refractivity contribution >= 4 is 50.0 Å². The summed E-state index contributed by atoms with van der Waals surface area (Å²) in [6, 6.07) is 19.8. The molecule has 29 heavy (non-hydrogen) atoms. The van der Waals surface area contributed by atoms with Gasteiger partial charge >= 0.3 is 0 Å². The first-order chi connectivity index (χ1) is 13.9. The van der Waals surface area contributed by atoms with Crippen molar-refractivity contribution in [2.75, 3.05) is 3.82 Å². The lowest BCUT2D eigenvalue weighted by atomic mass is 10.2. The van der Waals surface area contributed by atoms with Gasteiger partial charge in [0.2, 0.25) is 0 Å². The van der Waals surface area contributed by atoms with E-state index in [1.165, 1.54) is 18.2 Å². The largest absolute Gasteiger partial charge is 0.280 e. The van der Waals surface area contributed by atoms with Crippen LogP contribution in [0.3, 0.4) is 0 Å². The maximum absolute atomic E-state index is 12.7. The molecule has 0 atom stereocenters. The van der Waals surface area contributed by atoms with Gasteiger partial charge in [-0.25, -0.2) is 0 Å². The summed E-state index contributed by atoms with van der Waals surface area (Å²) in [5.74, 6) is 0. The van der Waals surface area contributed by atoms with Gasteiger partial charge in [0.05, 0.1) is 28.0 Å². The predicted molar refractivity (Wildman–Crippen MR) is 115 cm³/mol. The van der Waals surface area contributed by atoms with E-state index in [0.29, 0.717) is 26.3 Å². The Morgan fingerprint density at radius 1 is 0.966 bits per heavy atom. The second-order valence-electron chi connectivity index (χ2n) is 6.39. The monoisotopic (exact) mass is 447 g/mol. The van der Waals surface area contributed by atoms with E-state index in [1.807, 2.05) is 12.1 Å². The number of benzene rings is 3. The van der Waals surface area contributed by atoms with Crippen LogP contribution in [0.1, 0.15) is 5.56 Å². The third kappa shape index (κ3) is 3.76. The van der Waals surface area contributed by atoms with Gasteiger partial charge in [-0.3, -0.25) is 14.6 Å². The van der Waals surface area contributed by atoms with Gasteiger partial charge < -0.3 is 0 Å². The summed E-state index contributed by atoms with van der Waals surface area (Å²) >= 11 is 12.1. The van der Waals surface area contributed by atoms with Crippen LogP contribution in [-0.4, -0.2) is 18.2 Å². The number of anilines is 1. The molecule has 1 heterocycles. The summed E-state index contributed by atoms with van der Waals surface area (Å²) in [4.78, 5) is 12.5. The van der Waals surface area contributed by atoms with Gasteiger partial charge in [-0.2, -0.15) is 12.2 Å². The number of aromatic amines is 1. The summed E-state index contributed by atoms with van der Waals surface area (Å²) in [7, 11) is -3.95. The zero-order valence-electron chi connectivity index (χ0n) is 14.9. The number of H-pyrrole nitrogens is 1. The Bertz CT molecular complexity index is 1330. The topological polar surface area (TPSA) is 75.2 Å². The molecule has 4 aromatic rings. The van der Waals surface area contributed by atoms with Crippen molar-refractivity contribution in [2.45, 2.75) is 11.4 Å². The van der Waals surface area contributed by atoms with Crippen molar-refractivity contribution in [3.05, 3.63) is 93.7 Å². The van der Waals surface area contributed by atoms with E-state index < -0.39 is 10.0 Å². The van der Waals surface area contributed by atoms with Gasteiger partial charge in [-0.05, 0) is 48.0 Å². The molecule has 4 rings (SSSR count). The normalized spacial score (nSPS) is 11.7. The number of halogens is 2. The molecule has 3 aromatic carbocycles. The molecular weight excluding hydrogens is 433 g/mol. The Balaban J connectivity index is 1.71. The molecule has 0 aliphatic carbocycles. The Kier molecular flexibility index (Phi) is 5.12. The summed E-state index contributed by atoms with van der Waals surface area (Å²) in [5, 5.41) is 3.74. The smallest absolute Gasteiger partial charge is 0.278 e. The highest BCUT2D eigenvalue weighted by atomic mass is 35.5. The summed E-state index contributed by atoms with van der Waals surface area (Å²) < 4.78 is 27.8. The molecular formula is C20H15Cl2N3O3S. The number of aromatic nitrogens is 2. The van der Waals surface area contributed by atoms with Crippen LogP contribution < -0.4 is 9.38 Å². The van der Waals surface area contributed by atoms with Crippen LogP contribution in [0.15, 0.2) is 82.5 Å². The Morgan fingerprint density at radius 3 is 2.34 bits per heavy atom. The molecule has 1 aromatic heterocycles. The van der Waals surface area contributed by atoms with E-state index in [4.69, 9.17) is 23.4 Å². The van der Waals surface area contributed by atoms with E-state index in [1.54, 1.807) is 47.1 Å². The van der Waals surface area contributed by atoms with E-state index in [2.05, 4.69) is 5.10 Å². The third-order valence-electron chi connectivity index (χ3n) is 4.46. The van der Waals surface area contributed by atoms with Crippen molar-refractivity contribution in [2.24, 2.45) is 0 Å². The fourth-order valence-corrected chi connectivity index (χ4v) is 4.56. The van der Waals surface area contributed by atoms with Crippen molar-refractivity contribution in [1.82, 2.24) is 9.78 Å². The second kappa shape index (κ2) is 7.59. The lowest BCUT2D eigenvalue weighted by molar-refractivity contribution is 0.598. The van der Waals surface area contributed by atoms with Gasteiger partial charge in [0, 0.05) is 16.8 Å². The number of fused-ring (bicyclic) bond motifs is 1. The average Bonchev–Trinajstić information content (AvgIpc) is 3.04. The highest BCUT2D eigenvalue weighted by Gasteiger charge is 2.24. The van der Waals surface area contributed by atoms with Crippen molar-refractivity contribution in [3.8, 4) is 0 Å². The molecule has 0 saturated heterocycles. The molecule has 0 radical (unpaired) electrons. The minimum atomic E-state index is -3.95. The van der Waals surface area contributed by atoms with E-state index in [9.17, 15) is 13.2 Å². The molecule has 0 fully saturated rings. The lowest BCUT2D eigenvalue weighted by Crippen LogP contribution is -2.21. The van der Waals surface area contributed by atoms with Crippen LogP contribution in [0.2, 0.25) is 5.02 Å². The van der Waals surface area contributed by atoms with Crippen LogP contribution in [0.25, 0.3) is 10.9 Å². The van der Waals surface area contributed by atoms with Crippen LogP contribution in [-0.2, 0) is 16.6 Å². The summed E-state index contributed by atoms with van der Waals surface area (Å²) in [6.07, 6.45) is 0. The summed E-state index contributed by atoms with van der Waals surface area (Å²) in [6.45, 7) is 0.433. The summed E-state index contributed by atoms with van der Waals surface area (Å²) in [5.41, 5.74) is 1.43. The van der Waals surface area contributed by atoms with Gasteiger partial charge in [0.1, 0.15) is 0 Å². The van der Waals surface area contributed by atoms with Crippen molar-refractivity contribution < 1.29 is 8.42 Å². The standard InChI is InChI=1S/C20H15Cl2N3O3S/c21-15-8-6-14(7-9-15)13-24-19-11-10-16(12-18(19)20(26)23-24)25(22)29(27,28)17-4-2-1-3-5-17/h1-12H,13H2,(H,23,26). The first kappa shape index (κ1) is 19.6. The van der Waals surface area contributed by atoms with Gasteiger partial charge in [-0.1, -0.05) is 41.9 Å². The van der Waals surface area contributed by atoms with E-state index in [0.717, 1.165) is 5.56 Å². The molecule has 0 bridgehead atoms. The number of sulfonamides is 1. The number of nitrogens with one attached hydrogen (secondary N) is 1. The SMILES string of the molecule is O=c1[nH]n(Cc2ccc(Cl)cc2)c2ccc(N(Cl)S(=O)(=O)c3ccccc3)cc12. The van der Waals surface area contributed by atoms with Gasteiger partial charge in [0.15, 0.2) is 0 Å². The fraction of sp³-hybridized carbons (Fsp3) is 0.0500. The zero-order valence-corrected chi connectivity index (χ0v) is 17.2. The number of hydrogen-bond acceptors (Lipinski definition) is 3. The Hall–Kier alpha value is -2.74. The Morgan fingerprint density at radius 2 is 1.66 bits per heavy atom. The van der Waals surface area contributed by atoms with Crippen LogP contribution in [0.5, 0.6) is 0 Å². The van der Waals surface area contributed by atoms with Crippen LogP contribution in [0, 0.1) is 0 Å². The second-order valence-corrected chi connectivity index (χ2v) is 9.15. The first-order valence-corrected chi connectivity index (χ1v) is 10.7. The molecule has 0 amide bonds. The maximum atomic E-state index is 12.7. The molecule has 0 saturated carbocycles. The molecule has 0 aliphatic heterocycles. The third-order valence-corrected chi connectivity index (χ3v) is 6.95. The molecule has 9 heteroatoms. The lowest BCUT2D eigenvalue weighted by Gasteiger charge is -2.16. The highest BCUT2D eigenvalue weighted by Crippen LogP contribution is 2.28. The molecule has 0 aliphatic rings. The fourth-order valence-electron chi connectivity index (χ4n) is 3.01. The van der Waals surface area contributed by atoms with Crippen molar-refractivity contribution in [1.29, 1.82) is 0 Å². The number of hydrogen-bond donors (Lipinski definition) is 1. The first-order valence-electron chi connectivity index (χ1n) is 8.59. The minimum Gasteiger partial charge on any atom is -0.280 e. The van der Waals surface area contributed by atoms with Gasteiger partial charge in [0.25, 0.3) is 15.6 Å². The molecule has 0 unspecified atom stereocenters. The van der Waals surface area contributed by atoms with Crippen molar-refractivity contribution in [3.63, 3.8) is 0 Å². The number of rotatable bonds is 5. The maximum Gasteiger partial charge on any atom is 0.278 e. The quantitative estimate of drug-likeness (QED) is 0.461. The molecule has 148 valence electrons. The average molecular weight is 448 g/mol. The molecule has 1 N–H and O–H groups in total. The van der Waals surface area contributed by atoms with Crippen LogP contribution >= 0.6 is 23.4 Å². The number of nitrogens with zero attached hydrogens (tertiary/aromatic N) is 2. The molecule has 6 nitrogen and oxygen atoms in total. The minimum absolute atomic E-state index is 0.0596. The Labute approximate surface area is 177 Å². The highest BCUT2D eigenvalue weighted by molar-refractivity contribution is 7.94.